The quantitative estimate of drug-likeness (QED) is 0.847. The van der Waals surface area contributed by atoms with Crippen molar-refractivity contribution in [1.29, 1.82) is 0 Å². The largest absolute Gasteiger partial charge is 0.364 e. The molecule has 0 bridgehead atoms. The summed E-state index contributed by atoms with van der Waals surface area (Å²) < 4.78 is 5.65. The van der Waals surface area contributed by atoms with E-state index in [1.165, 1.54) is 5.56 Å². The molecular formula is C17H25N3O2. The van der Waals surface area contributed by atoms with Crippen molar-refractivity contribution >= 4 is 5.91 Å². The summed E-state index contributed by atoms with van der Waals surface area (Å²) in [6, 6.07) is 10.7. The lowest BCUT2D eigenvalue weighted by Gasteiger charge is -2.18. The van der Waals surface area contributed by atoms with Crippen LogP contribution in [0.5, 0.6) is 0 Å². The summed E-state index contributed by atoms with van der Waals surface area (Å²) in [4.78, 5) is 14.6. The number of nitrogens with zero attached hydrogens (tertiary/aromatic N) is 1. The summed E-state index contributed by atoms with van der Waals surface area (Å²) in [5, 5.41) is 3.13. The van der Waals surface area contributed by atoms with Crippen molar-refractivity contribution in [3.63, 3.8) is 0 Å². The first-order valence-corrected chi connectivity index (χ1v) is 8.17. The Morgan fingerprint density at radius 2 is 2.09 bits per heavy atom. The van der Waals surface area contributed by atoms with Crippen molar-refractivity contribution in [3.05, 3.63) is 35.9 Å². The van der Waals surface area contributed by atoms with E-state index in [0.717, 1.165) is 38.9 Å². The number of carbonyl (C=O) groups excluding carboxylic acids is 1. The molecule has 2 fully saturated rings. The molecule has 0 spiro atoms. The Morgan fingerprint density at radius 3 is 2.82 bits per heavy atom. The summed E-state index contributed by atoms with van der Waals surface area (Å²) in [7, 11) is 0. The normalized spacial score (nSPS) is 28.9. The summed E-state index contributed by atoms with van der Waals surface area (Å²) in [6.07, 6.45) is 2.42. The average molecular weight is 303 g/mol. The number of amides is 1. The number of carbonyl (C=O) groups is 1. The third-order valence-electron chi connectivity index (χ3n) is 4.53. The average Bonchev–Trinajstić information content (AvgIpc) is 3.17. The molecule has 0 aromatic heterocycles. The number of hydrogen-bond donors (Lipinski definition) is 2. The van der Waals surface area contributed by atoms with E-state index in [-0.39, 0.29) is 24.2 Å². The fourth-order valence-electron chi connectivity index (χ4n) is 3.30. The lowest BCUT2D eigenvalue weighted by molar-refractivity contribution is -0.132. The first-order chi connectivity index (χ1) is 10.7. The summed E-state index contributed by atoms with van der Waals surface area (Å²) in [5.41, 5.74) is 6.91. The molecule has 2 heterocycles. The number of likely N-dealkylation sites (tertiary alicyclic amines) is 1. The highest BCUT2D eigenvalue weighted by molar-refractivity contribution is 5.81. The van der Waals surface area contributed by atoms with Crippen molar-refractivity contribution in [2.45, 2.75) is 44.1 Å². The number of ether oxygens (including phenoxy) is 1. The van der Waals surface area contributed by atoms with Crippen molar-refractivity contribution in [2.24, 2.45) is 5.73 Å². The Hall–Kier alpha value is -1.43. The Balaban J connectivity index is 1.44. The number of rotatable bonds is 5. The predicted octanol–water partition coefficient (Wildman–Crippen LogP) is 0.883. The Bertz CT molecular complexity index is 494. The van der Waals surface area contributed by atoms with E-state index in [1.807, 2.05) is 6.07 Å². The summed E-state index contributed by atoms with van der Waals surface area (Å²) in [6.45, 7) is 3.38. The van der Waals surface area contributed by atoms with Crippen LogP contribution < -0.4 is 11.1 Å². The van der Waals surface area contributed by atoms with Gasteiger partial charge in [-0.05, 0) is 24.8 Å². The minimum atomic E-state index is -0.309. The number of nitrogens with two attached hydrogens (primary N) is 1. The Morgan fingerprint density at radius 1 is 1.27 bits per heavy atom. The molecular weight excluding hydrogens is 278 g/mol. The van der Waals surface area contributed by atoms with Crippen LogP contribution in [0.2, 0.25) is 0 Å². The maximum atomic E-state index is 12.2. The van der Waals surface area contributed by atoms with E-state index < -0.39 is 0 Å². The topological polar surface area (TPSA) is 67.6 Å². The third-order valence-corrected chi connectivity index (χ3v) is 4.53. The van der Waals surface area contributed by atoms with Crippen LogP contribution in [0.1, 0.15) is 24.8 Å². The summed E-state index contributed by atoms with van der Waals surface area (Å²) >= 11 is 0. The highest BCUT2D eigenvalue weighted by Gasteiger charge is 2.32. The molecule has 3 rings (SSSR count). The molecule has 120 valence electrons. The van der Waals surface area contributed by atoms with Crippen LogP contribution in [0.4, 0.5) is 0 Å². The van der Waals surface area contributed by atoms with Gasteiger partial charge in [-0.1, -0.05) is 30.3 Å². The number of nitrogens with one attached hydrogen (secondary N) is 1. The minimum absolute atomic E-state index is 0.0301. The molecule has 5 heteroatoms. The van der Waals surface area contributed by atoms with E-state index >= 15 is 0 Å². The van der Waals surface area contributed by atoms with Gasteiger partial charge in [-0.2, -0.15) is 0 Å². The lowest BCUT2D eigenvalue weighted by atomic mass is 10.1. The zero-order chi connectivity index (χ0) is 15.4. The van der Waals surface area contributed by atoms with Gasteiger partial charge >= 0.3 is 0 Å². The molecule has 22 heavy (non-hydrogen) atoms. The van der Waals surface area contributed by atoms with Crippen molar-refractivity contribution in [1.82, 2.24) is 10.2 Å². The fraction of sp³-hybridized carbons (Fsp3) is 0.588. The van der Waals surface area contributed by atoms with Crippen LogP contribution in [0, 0.1) is 0 Å². The van der Waals surface area contributed by atoms with Gasteiger partial charge in [-0.15, -0.1) is 0 Å². The fourth-order valence-corrected chi connectivity index (χ4v) is 3.30. The smallest absolute Gasteiger partial charge is 0.249 e. The van der Waals surface area contributed by atoms with E-state index in [1.54, 1.807) is 0 Å². The van der Waals surface area contributed by atoms with Crippen LogP contribution in [0.25, 0.3) is 0 Å². The number of hydrogen-bond acceptors (Lipinski definition) is 4. The Kier molecular flexibility index (Phi) is 5.08. The molecule has 0 aliphatic carbocycles. The third kappa shape index (κ3) is 3.85. The van der Waals surface area contributed by atoms with E-state index in [2.05, 4.69) is 34.5 Å². The van der Waals surface area contributed by atoms with Crippen LogP contribution in [-0.2, 0) is 16.1 Å². The van der Waals surface area contributed by atoms with E-state index in [0.29, 0.717) is 6.54 Å². The summed E-state index contributed by atoms with van der Waals surface area (Å²) in [5.74, 6) is 0.0301. The molecule has 0 radical (unpaired) electrons. The molecule has 1 aromatic rings. The van der Waals surface area contributed by atoms with Crippen LogP contribution in [0.3, 0.4) is 0 Å². The van der Waals surface area contributed by atoms with Gasteiger partial charge in [0.25, 0.3) is 0 Å². The SMILES string of the molecule is NC[C@H]1CC[C@@H](C(=O)NC2CCN(Cc3ccccc3)C2)O1. The molecule has 2 aliphatic heterocycles. The maximum absolute atomic E-state index is 12.2. The van der Waals surface area contributed by atoms with Crippen molar-refractivity contribution < 1.29 is 9.53 Å². The van der Waals surface area contributed by atoms with Crippen LogP contribution in [-0.4, -0.2) is 48.7 Å². The molecule has 2 saturated heterocycles. The van der Waals surface area contributed by atoms with Gasteiger partial charge in [0.05, 0.1) is 6.10 Å². The van der Waals surface area contributed by atoms with Gasteiger partial charge in [0.2, 0.25) is 5.91 Å². The monoisotopic (exact) mass is 303 g/mol. The molecule has 0 saturated carbocycles. The zero-order valence-corrected chi connectivity index (χ0v) is 12.9. The number of benzene rings is 1. The molecule has 5 nitrogen and oxygen atoms in total. The van der Waals surface area contributed by atoms with Gasteiger partial charge in [-0.25, -0.2) is 0 Å². The van der Waals surface area contributed by atoms with Gasteiger partial charge < -0.3 is 15.8 Å². The molecule has 1 aromatic carbocycles. The minimum Gasteiger partial charge on any atom is -0.364 e. The standard InChI is InChI=1S/C17H25N3O2/c18-10-15-6-7-16(22-15)17(21)19-14-8-9-20(12-14)11-13-4-2-1-3-5-13/h1-5,14-16H,6-12,18H2,(H,19,21)/t14?,15-,16+/m1/s1. The van der Waals surface area contributed by atoms with Gasteiger partial charge in [-0.3, -0.25) is 9.69 Å². The second-order valence-electron chi connectivity index (χ2n) is 6.27. The zero-order valence-electron chi connectivity index (χ0n) is 12.9. The highest BCUT2D eigenvalue weighted by atomic mass is 16.5. The van der Waals surface area contributed by atoms with Gasteiger partial charge in [0, 0.05) is 32.2 Å². The van der Waals surface area contributed by atoms with E-state index in [4.69, 9.17) is 10.5 Å². The van der Waals surface area contributed by atoms with Crippen molar-refractivity contribution in [3.8, 4) is 0 Å². The maximum Gasteiger partial charge on any atom is 0.249 e. The van der Waals surface area contributed by atoms with Crippen molar-refractivity contribution in [2.75, 3.05) is 19.6 Å². The van der Waals surface area contributed by atoms with Crippen LogP contribution in [0.15, 0.2) is 30.3 Å². The van der Waals surface area contributed by atoms with Gasteiger partial charge in [0.1, 0.15) is 6.10 Å². The highest BCUT2D eigenvalue weighted by Crippen LogP contribution is 2.20. The van der Waals surface area contributed by atoms with Crippen LogP contribution >= 0.6 is 0 Å². The molecule has 1 unspecified atom stereocenters. The van der Waals surface area contributed by atoms with Gasteiger partial charge in [0.15, 0.2) is 0 Å². The molecule has 1 amide bonds. The molecule has 3 atom stereocenters. The van der Waals surface area contributed by atoms with E-state index in [9.17, 15) is 4.79 Å². The first-order valence-electron chi connectivity index (χ1n) is 8.17. The molecule has 3 N–H and O–H groups in total. The first kappa shape index (κ1) is 15.5. The Labute approximate surface area is 131 Å². The lowest BCUT2D eigenvalue weighted by Crippen LogP contribution is -2.43. The second kappa shape index (κ2) is 7.22. The molecule has 2 aliphatic rings. The second-order valence-corrected chi connectivity index (χ2v) is 6.27. The predicted molar refractivity (Wildman–Crippen MR) is 85.2 cm³/mol.